The van der Waals surface area contributed by atoms with Crippen LogP contribution in [0.15, 0.2) is 30.3 Å². The molecule has 0 aliphatic carbocycles. The number of nitrogen functional groups attached to an aromatic ring is 1. The highest BCUT2D eigenvalue weighted by atomic mass is 19.4. The van der Waals surface area contributed by atoms with Crippen molar-refractivity contribution in [2.75, 3.05) is 18.1 Å². The molecule has 0 aliphatic heterocycles. The molecular weight excluding hydrogens is 289 g/mol. The van der Waals surface area contributed by atoms with Gasteiger partial charge in [0.05, 0.1) is 0 Å². The average Bonchev–Trinajstić information content (AvgIpc) is 2.38. The monoisotopic (exact) mass is 300 g/mol. The number of alkyl halides is 3. The predicted octanol–water partition coefficient (Wildman–Crippen LogP) is 2.79. The van der Waals surface area contributed by atoms with Crippen molar-refractivity contribution in [3.8, 4) is 17.4 Å². The quantitative estimate of drug-likeness (QED) is 0.903. The van der Waals surface area contributed by atoms with Crippen LogP contribution in [-0.4, -0.2) is 23.4 Å². The van der Waals surface area contributed by atoms with Gasteiger partial charge in [-0.15, -0.1) is 13.2 Å². The Bertz CT molecular complexity index is 617. The van der Waals surface area contributed by atoms with Crippen molar-refractivity contribution in [2.45, 2.75) is 6.36 Å². The molecule has 2 aromatic rings. The van der Waals surface area contributed by atoms with Gasteiger partial charge < -0.3 is 20.5 Å². The van der Waals surface area contributed by atoms with Crippen molar-refractivity contribution >= 4 is 11.8 Å². The molecule has 3 N–H and O–H groups in total. The van der Waals surface area contributed by atoms with Crippen LogP contribution < -0.4 is 20.5 Å². The Kier molecular flexibility index (Phi) is 4.01. The molecule has 112 valence electrons. The number of nitrogens with two attached hydrogens (primary N) is 1. The van der Waals surface area contributed by atoms with Gasteiger partial charge in [0, 0.05) is 13.1 Å². The van der Waals surface area contributed by atoms with Crippen LogP contribution >= 0.6 is 0 Å². The summed E-state index contributed by atoms with van der Waals surface area (Å²) in [5.74, 6) is 0.567. The molecule has 9 heteroatoms. The van der Waals surface area contributed by atoms with Gasteiger partial charge in [0.25, 0.3) is 0 Å². The predicted molar refractivity (Wildman–Crippen MR) is 69.2 cm³/mol. The molecule has 0 saturated heterocycles. The average molecular weight is 300 g/mol. The van der Waals surface area contributed by atoms with Crippen LogP contribution in [0.2, 0.25) is 0 Å². The lowest BCUT2D eigenvalue weighted by Gasteiger charge is -2.10. The van der Waals surface area contributed by atoms with E-state index in [0.29, 0.717) is 5.82 Å². The zero-order chi connectivity index (χ0) is 15.5. The number of rotatable bonds is 4. The first-order valence-electron chi connectivity index (χ1n) is 5.72. The summed E-state index contributed by atoms with van der Waals surface area (Å²) in [7, 11) is 1.65. The van der Waals surface area contributed by atoms with E-state index in [2.05, 4.69) is 20.0 Å². The van der Waals surface area contributed by atoms with Crippen molar-refractivity contribution in [3.05, 3.63) is 30.3 Å². The smallest absolute Gasteiger partial charge is 0.439 e. The summed E-state index contributed by atoms with van der Waals surface area (Å²) < 4.78 is 45.2. The molecule has 0 atom stereocenters. The fourth-order valence-corrected chi connectivity index (χ4v) is 1.45. The van der Waals surface area contributed by atoms with Crippen molar-refractivity contribution in [2.24, 2.45) is 0 Å². The van der Waals surface area contributed by atoms with E-state index >= 15 is 0 Å². The lowest BCUT2D eigenvalue weighted by atomic mass is 10.3. The largest absolute Gasteiger partial charge is 0.573 e. The molecule has 0 saturated carbocycles. The zero-order valence-corrected chi connectivity index (χ0v) is 10.8. The maximum Gasteiger partial charge on any atom is 0.573 e. The number of nitrogens with one attached hydrogen (secondary N) is 1. The Labute approximate surface area is 117 Å². The van der Waals surface area contributed by atoms with E-state index < -0.39 is 6.36 Å². The van der Waals surface area contributed by atoms with Crippen LogP contribution in [0.3, 0.4) is 0 Å². The van der Waals surface area contributed by atoms with Crippen molar-refractivity contribution < 1.29 is 22.6 Å². The molecule has 1 aromatic carbocycles. The van der Waals surface area contributed by atoms with Crippen LogP contribution in [0.1, 0.15) is 0 Å². The van der Waals surface area contributed by atoms with E-state index in [4.69, 9.17) is 10.5 Å². The number of hydrogen-bond acceptors (Lipinski definition) is 6. The van der Waals surface area contributed by atoms with E-state index in [1.807, 2.05) is 0 Å². The first-order chi connectivity index (χ1) is 9.85. The summed E-state index contributed by atoms with van der Waals surface area (Å²) in [4.78, 5) is 7.73. The van der Waals surface area contributed by atoms with E-state index in [9.17, 15) is 13.2 Å². The molecule has 1 heterocycles. The van der Waals surface area contributed by atoms with Crippen molar-refractivity contribution in [3.63, 3.8) is 0 Å². The molecule has 0 bridgehead atoms. The van der Waals surface area contributed by atoms with Gasteiger partial charge >= 0.3 is 6.36 Å². The Hall–Kier alpha value is -2.71. The second kappa shape index (κ2) is 5.73. The second-order valence-corrected chi connectivity index (χ2v) is 3.82. The number of halogens is 3. The van der Waals surface area contributed by atoms with Crippen LogP contribution in [-0.2, 0) is 0 Å². The number of nitrogens with zero attached hydrogens (tertiary/aromatic N) is 2. The van der Waals surface area contributed by atoms with Crippen molar-refractivity contribution in [1.82, 2.24) is 9.97 Å². The summed E-state index contributed by atoms with van der Waals surface area (Å²) >= 11 is 0. The second-order valence-electron chi connectivity index (χ2n) is 3.82. The van der Waals surface area contributed by atoms with Gasteiger partial charge in [-0.25, -0.2) is 0 Å². The van der Waals surface area contributed by atoms with E-state index in [0.717, 1.165) is 12.1 Å². The summed E-state index contributed by atoms with van der Waals surface area (Å²) in [5.41, 5.74) is 5.49. The van der Waals surface area contributed by atoms with Crippen LogP contribution in [0, 0.1) is 0 Å². The Balaban J connectivity index is 2.11. The lowest BCUT2D eigenvalue weighted by Crippen LogP contribution is -2.16. The Morgan fingerprint density at radius 2 is 1.71 bits per heavy atom. The summed E-state index contributed by atoms with van der Waals surface area (Å²) in [6.45, 7) is 0. The van der Waals surface area contributed by atoms with Crippen LogP contribution in [0.5, 0.6) is 17.4 Å². The topological polar surface area (TPSA) is 82.3 Å². The molecule has 6 nitrogen and oxygen atoms in total. The van der Waals surface area contributed by atoms with Gasteiger partial charge in [0.1, 0.15) is 17.3 Å². The molecular formula is C12H11F3N4O2. The highest BCUT2D eigenvalue weighted by Crippen LogP contribution is 2.27. The minimum Gasteiger partial charge on any atom is -0.439 e. The normalized spacial score (nSPS) is 11.0. The number of aromatic nitrogens is 2. The molecule has 1 aromatic heterocycles. The SMILES string of the molecule is CNc1cc(Oc2ccc(OC(F)(F)F)cc2)nc(N)n1. The minimum absolute atomic E-state index is 0.00822. The van der Waals surface area contributed by atoms with Gasteiger partial charge in [-0.2, -0.15) is 9.97 Å². The highest BCUT2D eigenvalue weighted by Gasteiger charge is 2.30. The van der Waals surface area contributed by atoms with Gasteiger partial charge in [-0.05, 0) is 24.3 Å². The number of anilines is 2. The van der Waals surface area contributed by atoms with Crippen LogP contribution in [0.25, 0.3) is 0 Å². The van der Waals surface area contributed by atoms with Gasteiger partial charge in [-0.1, -0.05) is 0 Å². The van der Waals surface area contributed by atoms with Gasteiger partial charge in [0.15, 0.2) is 0 Å². The lowest BCUT2D eigenvalue weighted by molar-refractivity contribution is -0.274. The molecule has 0 spiro atoms. The summed E-state index contributed by atoms with van der Waals surface area (Å²) in [6, 6.07) is 6.39. The maximum absolute atomic E-state index is 12.0. The first-order valence-corrected chi connectivity index (χ1v) is 5.72. The fraction of sp³-hybridized carbons (Fsp3) is 0.167. The van der Waals surface area contributed by atoms with Gasteiger partial charge in [-0.3, -0.25) is 0 Å². The van der Waals surface area contributed by atoms with Crippen LogP contribution in [0.4, 0.5) is 24.9 Å². The number of benzene rings is 1. The van der Waals surface area contributed by atoms with E-state index in [1.165, 1.54) is 18.2 Å². The summed E-state index contributed by atoms with van der Waals surface area (Å²) in [5, 5.41) is 2.77. The molecule has 21 heavy (non-hydrogen) atoms. The Morgan fingerprint density at radius 3 is 2.29 bits per heavy atom. The maximum atomic E-state index is 12.0. The number of hydrogen-bond donors (Lipinski definition) is 2. The number of ether oxygens (including phenoxy) is 2. The molecule has 0 aliphatic rings. The third kappa shape index (κ3) is 4.41. The standard InChI is InChI=1S/C12H11F3N4O2/c1-17-9-6-10(19-11(16)18-9)20-7-2-4-8(5-3-7)21-12(13,14)15/h2-6H,1H3,(H3,16,17,18,19). The highest BCUT2D eigenvalue weighted by molar-refractivity contribution is 5.43. The third-order valence-electron chi connectivity index (χ3n) is 2.26. The molecule has 0 radical (unpaired) electrons. The molecule has 2 rings (SSSR count). The fourth-order valence-electron chi connectivity index (χ4n) is 1.45. The molecule has 0 fully saturated rings. The van der Waals surface area contributed by atoms with Crippen molar-refractivity contribution in [1.29, 1.82) is 0 Å². The minimum atomic E-state index is -4.73. The molecule has 0 unspecified atom stereocenters. The van der Waals surface area contributed by atoms with E-state index in [1.54, 1.807) is 7.05 Å². The summed E-state index contributed by atoms with van der Waals surface area (Å²) in [6.07, 6.45) is -4.73. The zero-order valence-electron chi connectivity index (χ0n) is 10.8. The molecule has 0 amide bonds. The van der Waals surface area contributed by atoms with Gasteiger partial charge in [0.2, 0.25) is 11.8 Å². The first kappa shape index (κ1) is 14.7. The third-order valence-corrected chi connectivity index (χ3v) is 2.26. The van der Waals surface area contributed by atoms with E-state index in [-0.39, 0.29) is 23.3 Å². The Morgan fingerprint density at radius 1 is 1.10 bits per heavy atom.